The monoisotopic (exact) mass is 312 g/mol. The minimum absolute atomic E-state index is 0.540. The Hall–Kier alpha value is -0.520. The van der Waals surface area contributed by atoms with E-state index in [0.717, 1.165) is 23.7 Å². The molecule has 4 unspecified atom stereocenters. The maximum Gasteiger partial charge on any atom is -0.00823 e. The Morgan fingerprint density at radius 3 is 2.70 bits per heavy atom. The van der Waals surface area contributed by atoms with Crippen molar-refractivity contribution in [3.63, 3.8) is 0 Å². The predicted octanol–water partition coefficient (Wildman–Crippen LogP) is 6.92. The highest BCUT2D eigenvalue weighted by atomic mass is 14.6. The van der Waals surface area contributed by atoms with Gasteiger partial charge < -0.3 is 0 Å². The molecule has 0 heterocycles. The molecule has 4 aliphatic rings. The Morgan fingerprint density at radius 2 is 1.91 bits per heavy atom. The average Bonchev–Trinajstić information content (AvgIpc) is 2.78. The van der Waals surface area contributed by atoms with Crippen LogP contribution >= 0.6 is 0 Å². The van der Waals surface area contributed by atoms with Crippen molar-refractivity contribution >= 4 is 0 Å². The first kappa shape index (κ1) is 16.0. The van der Waals surface area contributed by atoms with Crippen LogP contribution in [0.2, 0.25) is 0 Å². The summed E-state index contributed by atoms with van der Waals surface area (Å²) < 4.78 is 0. The van der Waals surface area contributed by atoms with Crippen LogP contribution in [-0.2, 0) is 0 Å². The Morgan fingerprint density at radius 1 is 1.09 bits per heavy atom. The molecule has 0 N–H and O–H groups in total. The van der Waals surface area contributed by atoms with Crippen LogP contribution in [0.25, 0.3) is 0 Å². The summed E-state index contributed by atoms with van der Waals surface area (Å²) in [5, 5.41) is 0. The lowest BCUT2D eigenvalue weighted by molar-refractivity contribution is 0.0354. The van der Waals surface area contributed by atoms with Crippen molar-refractivity contribution in [2.75, 3.05) is 0 Å². The molecule has 4 rings (SSSR count). The molecule has 0 heteroatoms. The third-order valence-corrected chi connectivity index (χ3v) is 8.59. The van der Waals surface area contributed by atoms with Gasteiger partial charge in [0.1, 0.15) is 0 Å². The fraction of sp³-hybridized carbons (Fsp3) is 0.826. The molecule has 128 valence electrons. The molecule has 0 nitrogen and oxygen atoms in total. The van der Waals surface area contributed by atoms with Crippen LogP contribution in [0.4, 0.5) is 0 Å². The molecule has 6 atom stereocenters. The zero-order chi connectivity index (χ0) is 16.2. The van der Waals surface area contributed by atoms with Gasteiger partial charge in [-0.05, 0) is 92.3 Å². The van der Waals surface area contributed by atoms with Gasteiger partial charge in [0.05, 0.1) is 0 Å². The Labute approximate surface area is 143 Å². The first-order valence-corrected chi connectivity index (χ1v) is 10.4. The molecule has 0 aromatic heterocycles. The summed E-state index contributed by atoms with van der Waals surface area (Å²) in [4.78, 5) is 0. The Bertz CT molecular complexity index is 538. The van der Waals surface area contributed by atoms with E-state index in [1.807, 2.05) is 5.57 Å². The number of allylic oxidation sites excluding steroid dienone is 4. The second kappa shape index (κ2) is 5.50. The zero-order valence-corrected chi connectivity index (χ0v) is 15.8. The maximum absolute atomic E-state index is 2.73. The van der Waals surface area contributed by atoms with Gasteiger partial charge in [-0.15, -0.1) is 0 Å². The van der Waals surface area contributed by atoms with Crippen molar-refractivity contribution in [3.8, 4) is 0 Å². The molecule has 23 heavy (non-hydrogen) atoms. The molecule has 0 radical (unpaired) electrons. The van der Waals surface area contributed by atoms with E-state index < -0.39 is 0 Å². The van der Waals surface area contributed by atoms with Crippen LogP contribution in [0.1, 0.15) is 85.5 Å². The average molecular weight is 313 g/mol. The van der Waals surface area contributed by atoms with Gasteiger partial charge in [0.15, 0.2) is 0 Å². The van der Waals surface area contributed by atoms with Crippen molar-refractivity contribution in [2.24, 2.45) is 34.5 Å². The van der Waals surface area contributed by atoms with Crippen LogP contribution in [0.3, 0.4) is 0 Å². The first-order valence-electron chi connectivity index (χ1n) is 10.4. The molecular weight excluding hydrogens is 276 g/mol. The lowest BCUT2D eigenvalue weighted by atomic mass is 9.55. The Kier molecular flexibility index (Phi) is 3.82. The largest absolute Gasteiger partial charge is 0.0845 e. The van der Waals surface area contributed by atoms with Crippen LogP contribution in [0.15, 0.2) is 23.3 Å². The second-order valence-electron chi connectivity index (χ2n) is 9.88. The van der Waals surface area contributed by atoms with Gasteiger partial charge >= 0.3 is 0 Å². The molecular formula is C23H36. The van der Waals surface area contributed by atoms with Crippen molar-refractivity contribution in [1.29, 1.82) is 0 Å². The van der Waals surface area contributed by atoms with E-state index in [0.29, 0.717) is 10.8 Å². The van der Waals surface area contributed by atoms with Crippen LogP contribution in [-0.4, -0.2) is 0 Å². The summed E-state index contributed by atoms with van der Waals surface area (Å²) in [7, 11) is 0. The van der Waals surface area contributed by atoms with Gasteiger partial charge in [0.25, 0.3) is 0 Å². The van der Waals surface area contributed by atoms with Gasteiger partial charge in [-0.1, -0.05) is 51.0 Å². The highest BCUT2D eigenvalue weighted by Gasteiger charge is 2.51. The van der Waals surface area contributed by atoms with Crippen molar-refractivity contribution in [2.45, 2.75) is 85.5 Å². The summed E-state index contributed by atoms with van der Waals surface area (Å²) in [5.74, 6) is 3.80. The van der Waals surface area contributed by atoms with E-state index in [1.54, 1.807) is 5.57 Å². The van der Waals surface area contributed by atoms with Gasteiger partial charge in [0, 0.05) is 0 Å². The maximum atomic E-state index is 2.73. The zero-order valence-electron chi connectivity index (χ0n) is 15.8. The van der Waals surface area contributed by atoms with Crippen LogP contribution in [0, 0.1) is 34.5 Å². The van der Waals surface area contributed by atoms with E-state index >= 15 is 0 Å². The molecule has 0 bridgehead atoms. The standard InChI is InChI=1S/C23H36/c1-5-18-7-9-21-20-8-6-19-14-16(2)10-12-22(19,3)15-17(20)11-13-23(18,21)4/h6-7,16-17,20-21H,5,8-15H2,1-4H3/t16-,17?,20-,21?,22?,23?/m0/s1. The molecule has 2 saturated carbocycles. The fourth-order valence-electron chi connectivity index (χ4n) is 7.05. The molecule has 0 amide bonds. The summed E-state index contributed by atoms with van der Waals surface area (Å²) in [6.45, 7) is 10.0. The minimum atomic E-state index is 0.540. The molecule has 0 aromatic rings. The van der Waals surface area contributed by atoms with E-state index in [9.17, 15) is 0 Å². The van der Waals surface area contributed by atoms with E-state index in [2.05, 4.69) is 39.8 Å². The van der Waals surface area contributed by atoms with Crippen molar-refractivity contribution in [3.05, 3.63) is 23.3 Å². The molecule has 4 aliphatic carbocycles. The number of fused-ring (bicyclic) bond motifs is 4. The molecule has 0 aromatic carbocycles. The third-order valence-electron chi connectivity index (χ3n) is 8.59. The minimum Gasteiger partial charge on any atom is -0.0845 e. The SMILES string of the molecule is CCC1=CCC2[C@H]3CC=C4C[C@@H](C)CCC4(C)CC3CCC12C. The molecule has 0 aliphatic heterocycles. The van der Waals surface area contributed by atoms with Gasteiger partial charge in [-0.3, -0.25) is 0 Å². The van der Waals surface area contributed by atoms with Crippen LogP contribution in [0.5, 0.6) is 0 Å². The highest BCUT2D eigenvalue weighted by Crippen LogP contribution is 2.62. The van der Waals surface area contributed by atoms with Gasteiger partial charge in [-0.25, -0.2) is 0 Å². The molecule has 2 fully saturated rings. The smallest absolute Gasteiger partial charge is 0.00823 e. The number of rotatable bonds is 1. The lowest BCUT2D eigenvalue weighted by Gasteiger charge is -2.49. The highest BCUT2D eigenvalue weighted by molar-refractivity contribution is 5.27. The summed E-state index contributed by atoms with van der Waals surface area (Å²) in [6.07, 6.45) is 18.1. The van der Waals surface area contributed by atoms with Gasteiger partial charge in [-0.2, -0.15) is 0 Å². The summed E-state index contributed by atoms with van der Waals surface area (Å²) >= 11 is 0. The van der Waals surface area contributed by atoms with Crippen molar-refractivity contribution < 1.29 is 0 Å². The van der Waals surface area contributed by atoms with E-state index in [4.69, 9.17) is 0 Å². The molecule has 0 saturated heterocycles. The summed E-state index contributed by atoms with van der Waals surface area (Å²) in [6, 6.07) is 0. The number of hydrogen-bond acceptors (Lipinski definition) is 0. The van der Waals surface area contributed by atoms with Crippen LogP contribution < -0.4 is 0 Å². The van der Waals surface area contributed by atoms with E-state index in [1.165, 1.54) is 57.8 Å². The topological polar surface area (TPSA) is 0 Å². The summed E-state index contributed by atoms with van der Waals surface area (Å²) in [5.41, 5.74) is 4.71. The first-order chi connectivity index (χ1) is 11.0. The normalized spacial score (nSPS) is 49.4. The van der Waals surface area contributed by atoms with Crippen molar-refractivity contribution in [1.82, 2.24) is 0 Å². The second-order valence-corrected chi connectivity index (χ2v) is 9.88. The predicted molar refractivity (Wildman–Crippen MR) is 99.2 cm³/mol. The number of hydrogen-bond donors (Lipinski definition) is 0. The molecule has 0 spiro atoms. The quantitative estimate of drug-likeness (QED) is 0.461. The fourth-order valence-corrected chi connectivity index (χ4v) is 7.05. The Balaban J connectivity index is 1.62. The lowest BCUT2D eigenvalue weighted by Crippen LogP contribution is -2.41. The van der Waals surface area contributed by atoms with Gasteiger partial charge in [0.2, 0.25) is 0 Å². The van der Waals surface area contributed by atoms with E-state index in [-0.39, 0.29) is 0 Å². The third kappa shape index (κ3) is 2.38.